The number of benzene rings is 3. The second-order valence-electron chi connectivity index (χ2n) is 9.20. The number of nitrogens with zero attached hydrogens (tertiary/aromatic N) is 4. The number of hydrogen-bond donors (Lipinski definition) is 1. The van der Waals surface area contributed by atoms with Gasteiger partial charge in [0.15, 0.2) is 5.13 Å². The number of fused-ring (bicyclic) bond motifs is 1. The van der Waals surface area contributed by atoms with Gasteiger partial charge in [-0.2, -0.15) is 0 Å². The number of carbonyl (C=O) groups excluding carboxylic acids is 1. The number of amides is 1. The number of thiazole rings is 1. The van der Waals surface area contributed by atoms with Crippen molar-refractivity contribution in [2.75, 3.05) is 55.0 Å². The predicted octanol–water partition coefficient (Wildman–Crippen LogP) is 5.14. The lowest BCUT2D eigenvalue weighted by molar-refractivity contribution is 0.0947. The third-order valence-corrected chi connectivity index (χ3v) is 10.1. The maximum Gasteiger partial charge on any atom is 0.264 e. The molecule has 1 amide bonds. The molecule has 5 rings (SSSR count). The smallest absolute Gasteiger partial charge is 0.264 e. The Bertz CT molecular complexity index is 1540. The molecule has 0 bridgehead atoms. The van der Waals surface area contributed by atoms with Crippen molar-refractivity contribution in [3.05, 3.63) is 83.4 Å². The van der Waals surface area contributed by atoms with Crippen molar-refractivity contribution in [3.63, 3.8) is 0 Å². The summed E-state index contributed by atoms with van der Waals surface area (Å²) in [6, 6.07) is 20.9. The van der Waals surface area contributed by atoms with E-state index in [-0.39, 0.29) is 23.2 Å². The van der Waals surface area contributed by atoms with Crippen LogP contribution in [0.2, 0.25) is 5.02 Å². The van der Waals surface area contributed by atoms with Crippen LogP contribution < -0.4 is 14.5 Å². The Labute approximate surface area is 250 Å². The average Bonchev–Trinajstić information content (AvgIpc) is 3.40. The lowest BCUT2D eigenvalue weighted by atomic mass is 10.2. The molecule has 1 fully saturated rings. The minimum Gasteiger partial charge on any atom is -0.351 e. The SMILES string of the molecule is CCN(c1ccccc1)S(=O)(=O)c1ccc(C(=O)NCCN2CCN(c3nc4c(Cl)cccc4s3)CC2)cc1.Cl. The van der Waals surface area contributed by atoms with Crippen LogP contribution in [0.15, 0.2) is 77.7 Å². The van der Waals surface area contributed by atoms with Crippen LogP contribution in [0.5, 0.6) is 0 Å². The average molecular weight is 621 g/mol. The molecule has 12 heteroatoms. The lowest BCUT2D eigenvalue weighted by Gasteiger charge is -2.34. The molecule has 0 spiro atoms. The summed E-state index contributed by atoms with van der Waals surface area (Å²) in [6.07, 6.45) is 0. The van der Waals surface area contributed by atoms with Crippen LogP contribution in [0.4, 0.5) is 10.8 Å². The van der Waals surface area contributed by atoms with E-state index in [0.29, 0.717) is 29.4 Å². The van der Waals surface area contributed by atoms with E-state index in [1.165, 1.54) is 16.4 Å². The molecule has 8 nitrogen and oxygen atoms in total. The minimum absolute atomic E-state index is 0. The van der Waals surface area contributed by atoms with E-state index in [4.69, 9.17) is 16.6 Å². The Morgan fingerprint density at radius 3 is 2.35 bits per heavy atom. The normalized spacial score (nSPS) is 14.1. The van der Waals surface area contributed by atoms with E-state index in [2.05, 4.69) is 15.1 Å². The zero-order valence-corrected chi connectivity index (χ0v) is 25.2. The number of anilines is 2. The van der Waals surface area contributed by atoms with Gasteiger partial charge in [-0.15, -0.1) is 12.4 Å². The fraction of sp³-hybridized carbons (Fsp3) is 0.286. The van der Waals surface area contributed by atoms with Gasteiger partial charge in [0.05, 0.1) is 20.3 Å². The first-order valence-corrected chi connectivity index (χ1v) is 15.5. The number of hydrogen-bond acceptors (Lipinski definition) is 7. The Hall–Kier alpha value is -2.89. The van der Waals surface area contributed by atoms with Crippen molar-refractivity contribution >= 4 is 72.3 Å². The third-order valence-electron chi connectivity index (χ3n) is 6.75. The first-order valence-electron chi connectivity index (χ1n) is 12.8. The molecule has 3 aromatic carbocycles. The highest BCUT2D eigenvalue weighted by Gasteiger charge is 2.24. The first kappa shape index (κ1) is 30.1. The summed E-state index contributed by atoms with van der Waals surface area (Å²) in [6.45, 7) is 6.81. The standard InChI is InChI=1S/C28H30ClN5O3S2.ClH/c1-2-34(22-7-4-3-5-8-22)39(36,37)23-13-11-21(12-14-23)27(35)30-15-16-32-17-19-33(20-18-32)28-31-26-24(29)9-6-10-25(26)38-28;/h3-14H,2,15-20H2,1H3,(H,30,35);1H. The second-order valence-corrected chi connectivity index (χ2v) is 12.5. The van der Waals surface area contributed by atoms with Crippen molar-refractivity contribution in [3.8, 4) is 0 Å². The molecule has 1 aromatic heterocycles. The predicted molar refractivity (Wildman–Crippen MR) is 166 cm³/mol. The third kappa shape index (κ3) is 6.53. The number of halogens is 2. The van der Waals surface area contributed by atoms with Gasteiger partial charge in [0.25, 0.3) is 15.9 Å². The Kier molecular flexibility index (Phi) is 9.91. The highest BCUT2D eigenvalue weighted by Crippen LogP contribution is 2.33. The van der Waals surface area contributed by atoms with E-state index in [9.17, 15) is 13.2 Å². The number of sulfonamides is 1. The van der Waals surface area contributed by atoms with Gasteiger partial charge in [-0.3, -0.25) is 14.0 Å². The van der Waals surface area contributed by atoms with Crippen LogP contribution >= 0.6 is 35.3 Å². The molecule has 1 aliphatic heterocycles. The summed E-state index contributed by atoms with van der Waals surface area (Å²) in [5, 5.41) is 4.62. The number of piperazine rings is 1. The molecule has 0 aliphatic carbocycles. The summed E-state index contributed by atoms with van der Waals surface area (Å²) in [7, 11) is -3.73. The maximum absolute atomic E-state index is 13.2. The summed E-state index contributed by atoms with van der Waals surface area (Å²) in [4.78, 5) is 22.2. The summed E-state index contributed by atoms with van der Waals surface area (Å²) < 4.78 is 28.8. The van der Waals surface area contributed by atoms with Crippen LogP contribution in [0.25, 0.3) is 10.2 Å². The Morgan fingerprint density at radius 2 is 1.70 bits per heavy atom. The Balaban J connectivity index is 0.00000370. The van der Waals surface area contributed by atoms with Gasteiger partial charge in [-0.05, 0) is 55.5 Å². The maximum atomic E-state index is 13.2. The zero-order chi connectivity index (χ0) is 27.4. The van der Waals surface area contributed by atoms with Gasteiger partial charge in [0, 0.05) is 51.4 Å². The van der Waals surface area contributed by atoms with Crippen molar-refractivity contribution in [2.24, 2.45) is 0 Å². The lowest BCUT2D eigenvalue weighted by Crippen LogP contribution is -2.48. The molecule has 212 valence electrons. The van der Waals surface area contributed by atoms with Crippen LogP contribution in [0.1, 0.15) is 17.3 Å². The van der Waals surface area contributed by atoms with Crippen LogP contribution in [-0.2, 0) is 10.0 Å². The van der Waals surface area contributed by atoms with Crippen LogP contribution in [-0.4, -0.2) is 70.0 Å². The molecular formula is C28H31Cl2N5O3S2. The molecule has 0 unspecified atom stereocenters. The fourth-order valence-corrected chi connectivity index (χ4v) is 7.41. The number of carbonyl (C=O) groups is 1. The zero-order valence-electron chi connectivity index (χ0n) is 22.0. The van der Waals surface area contributed by atoms with E-state index in [1.807, 2.05) is 24.3 Å². The molecule has 40 heavy (non-hydrogen) atoms. The van der Waals surface area contributed by atoms with Crippen LogP contribution in [0.3, 0.4) is 0 Å². The number of para-hydroxylation sites is 2. The largest absolute Gasteiger partial charge is 0.351 e. The highest BCUT2D eigenvalue weighted by molar-refractivity contribution is 7.92. The van der Waals surface area contributed by atoms with Gasteiger partial charge >= 0.3 is 0 Å². The minimum atomic E-state index is -3.73. The number of rotatable bonds is 9. The van der Waals surface area contributed by atoms with Crippen molar-refractivity contribution < 1.29 is 13.2 Å². The fourth-order valence-electron chi connectivity index (χ4n) is 4.62. The molecule has 1 N–H and O–H groups in total. The Morgan fingerprint density at radius 1 is 1.00 bits per heavy atom. The molecular weight excluding hydrogens is 589 g/mol. The van der Waals surface area contributed by atoms with E-state index >= 15 is 0 Å². The van der Waals surface area contributed by atoms with E-state index < -0.39 is 10.0 Å². The van der Waals surface area contributed by atoms with Gasteiger partial charge in [0.1, 0.15) is 5.52 Å². The second kappa shape index (κ2) is 13.2. The van der Waals surface area contributed by atoms with E-state index in [0.717, 1.165) is 48.1 Å². The molecule has 0 atom stereocenters. The van der Waals surface area contributed by atoms with Gasteiger partial charge in [-0.25, -0.2) is 13.4 Å². The topological polar surface area (TPSA) is 85.8 Å². The van der Waals surface area contributed by atoms with Crippen molar-refractivity contribution in [1.82, 2.24) is 15.2 Å². The summed E-state index contributed by atoms with van der Waals surface area (Å²) in [5.41, 5.74) is 1.89. The molecule has 1 saturated heterocycles. The van der Waals surface area contributed by atoms with Gasteiger partial charge in [0.2, 0.25) is 0 Å². The molecule has 0 saturated carbocycles. The van der Waals surface area contributed by atoms with E-state index in [1.54, 1.807) is 54.7 Å². The number of nitrogens with one attached hydrogen (secondary N) is 1. The van der Waals surface area contributed by atoms with Crippen LogP contribution in [0, 0.1) is 0 Å². The quantitative estimate of drug-likeness (QED) is 0.279. The van der Waals surface area contributed by atoms with Crippen molar-refractivity contribution in [2.45, 2.75) is 11.8 Å². The van der Waals surface area contributed by atoms with Gasteiger partial charge in [-0.1, -0.05) is 47.2 Å². The first-order chi connectivity index (χ1) is 18.9. The molecule has 2 heterocycles. The molecule has 1 aliphatic rings. The van der Waals surface area contributed by atoms with Crippen molar-refractivity contribution in [1.29, 1.82) is 0 Å². The molecule has 4 aromatic rings. The highest BCUT2D eigenvalue weighted by atomic mass is 35.5. The summed E-state index contributed by atoms with van der Waals surface area (Å²) >= 11 is 7.94. The monoisotopic (exact) mass is 619 g/mol. The summed E-state index contributed by atoms with van der Waals surface area (Å²) in [5.74, 6) is -0.223. The number of aromatic nitrogens is 1. The molecule has 0 radical (unpaired) electrons. The van der Waals surface area contributed by atoms with Gasteiger partial charge < -0.3 is 10.2 Å².